The van der Waals surface area contributed by atoms with Crippen LogP contribution in [0.2, 0.25) is 0 Å². The predicted molar refractivity (Wildman–Crippen MR) is 95.4 cm³/mol. The number of piperidine rings is 1. The highest BCUT2D eigenvalue weighted by molar-refractivity contribution is 5.78. The smallest absolute Gasteiger partial charge is 0.237 e. The van der Waals surface area contributed by atoms with E-state index in [9.17, 15) is 4.79 Å². The summed E-state index contributed by atoms with van der Waals surface area (Å²) < 4.78 is 0. The molecule has 4 nitrogen and oxygen atoms in total. The van der Waals surface area contributed by atoms with Gasteiger partial charge in [-0.1, -0.05) is 37.3 Å². The van der Waals surface area contributed by atoms with Crippen molar-refractivity contribution in [1.82, 2.24) is 15.1 Å². The molecule has 1 aromatic carbocycles. The highest BCUT2D eigenvalue weighted by Crippen LogP contribution is 2.19. The highest BCUT2D eigenvalue weighted by atomic mass is 16.2. The third-order valence-corrected chi connectivity index (χ3v) is 4.93. The van der Waals surface area contributed by atoms with Gasteiger partial charge in [0, 0.05) is 13.1 Å². The first-order chi connectivity index (χ1) is 11.1. The number of hydrogen-bond donors (Lipinski definition) is 1. The van der Waals surface area contributed by atoms with Gasteiger partial charge >= 0.3 is 0 Å². The monoisotopic (exact) mass is 317 g/mol. The van der Waals surface area contributed by atoms with Crippen LogP contribution in [0.5, 0.6) is 0 Å². The van der Waals surface area contributed by atoms with Crippen LogP contribution in [0.3, 0.4) is 0 Å². The van der Waals surface area contributed by atoms with Crippen molar-refractivity contribution in [3.05, 3.63) is 35.9 Å². The van der Waals surface area contributed by atoms with Gasteiger partial charge in [-0.15, -0.1) is 0 Å². The van der Waals surface area contributed by atoms with Crippen LogP contribution in [0.15, 0.2) is 30.3 Å². The molecule has 4 heteroatoms. The number of nitrogens with one attached hydrogen (secondary N) is 1. The van der Waals surface area contributed by atoms with Crippen molar-refractivity contribution < 1.29 is 4.79 Å². The fraction of sp³-hybridized carbons (Fsp3) is 0.632. The van der Waals surface area contributed by atoms with Gasteiger partial charge in [-0.05, 0) is 51.4 Å². The molecule has 0 radical (unpaired) electrons. The Morgan fingerprint density at radius 1 is 1.26 bits per heavy atom. The van der Waals surface area contributed by atoms with Crippen molar-refractivity contribution in [3.63, 3.8) is 0 Å². The zero-order valence-corrected chi connectivity index (χ0v) is 14.8. The minimum absolute atomic E-state index is 0.111. The number of nitrogens with zero attached hydrogens (tertiary/aromatic N) is 2. The lowest BCUT2D eigenvalue weighted by atomic mass is 10.0. The van der Waals surface area contributed by atoms with E-state index >= 15 is 0 Å². The van der Waals surface area contributed by atoms with Gasteiger partial charge in [-0.2, -0.15) is 0 Å². The minimum atomic E-state index is 0.111. The maximum Gasteiger partial charge on any atom is 0.237 e. The van der Waals surface area contributed by atoms with E-state index in [1.165, 1.54) is 5.56 Å². The van der Waals surface area contributed by atoms with Gasteiger partial charge in [-0.25, -0.2) is 0 Å². The molecule has 0 aliphatic carbocycles. The van der Waals surface area contributed by atoms with Gasteiger partial charge in [-0.3, -0.25) is 9.69 Å². The Balaban J connectivity index is 1.96. The maximum atomic E-state index is 12.8. The molecule has 1 unspecified atom stereocenters. The second-order valence-corrected chi connectivity index (χ2v) is 6.54. The molecule has 1 aromatic rings. The summed E-state index contributed by atoms with van der Waals surface area (Å²) in [4.78, 5) is 17.0. The average Bonchev–Trinajstić information content (AvgIpc) is 2.61. The topological polar surface area (TPSA) is 35.6 Å². The molecule has 1 atom stereocenters. The molecule has 23 heavy (non-hydrogen) atoms. The van der Waals surface area contributed by atoms with E-state index in [4.69, 9.17) is 0 Å². The zero-order chi connectivity index (χ0) is 16.7. The fourth-order valence-corrected chi connectivity index (χ4v) is 3.31. The van der Waals surface area contributed by atoms with Crippen LogP contribution in [0.1, 0.15) is 44.7 Å². The Morgan fingerprint density at radius 3 is 2.52 bits per heavy atom. The van der Waals surface area contributed by atoms with E-state index in [1.807, 2.05) is 30.1 Å². The van der Waals surface area contributed by atoms with Crippen LogP contribution in [-0.4, -0.2) is 55.0 Å². The predicted octanol–water partition coefficient (Wildman–Crippen LogP) is 2.67. The Hall–Kier alpha value is -1.39. The van der Waals surface area contributed by atoms with E-state index in [1.54, 1.807) is 0 Å². The van der Waals surface area contributed by atoms with Crippen LogP contribution in [0.25, 0.3) is 0 Å². The number of amides is 1. The summed E-state index contributed by atoms with van der Waals surface area (Å²) in [5, 5.41) is 3.41. The standard InChI is InChI=1S/C19H31N3O/c1-4-14-22(18-10-12-20-13-11-18)15-19(23)21(3)16(2)17-8-6-5-7-9-17/h5-9,16,18,20H,4,10-15H2,1-3H3. The number of benzene rings is 1. The highest BCUT2D eigenvalue weighted by Gasteiger charge is 2.25. The third kappa shape index (κ3) is 5.05. The molecule has 1 fully saturated rings. The number of carbonyl (C=O) groups is 1. The van der Waals surface area contributed by atoms with Gasteiger partial charge in [0.05, 0.1) is 12.6 Å². The van der Waals surface area contributed by atoms with E-state index < -0.39 is 0 Å². The van der Waals surface area contributed by atoms with Crippen molar-refractivity contribution in [2.75, 3.05) is 33.2 Å². The summed E-state index contributed by atoms with van der Waals surface area (Å²) in [6.45, 7) is 7.96. The lowest BCUT2D eigenvalue weighted by Gasteiger charge is -2.36. The van der Waals surface area contributed by atoms with Gasteiger partial charge < -0.3 is 10.2 Å². The quantitative estimate of drug-likeness (QED) is 0.840. The summed E-state index contributed by atoms with van der Waals surface area (Å²) in [6, 6.07) is 10.9. The minimum Gasteiger partial charge on any atom is -0.338 e. The molecule has 1 aliphatic heterocycles. The number of likely N-dealkylation sites (N-methyl/N-ethyl adjacent to an activating group) is 1. The summed E-state index contributed by atoms with van der Waals surface area (Å²) in [6.07, 6.45) is 3.38. The first-order valence-electron chi connectivity index (χ1n) is 8.88. The molecule has 1 heterocycles. The number of rotatable bonds is 7. The second kappa shape index (κ2) is 9.04. The van der Waals surface area contributed by atoms with E-state index in [-0.39, 0.29) is 11.9 Å². The van der Waals surface area contributed by atoms with Crippen LogP contribution in [-0.2, 0) is 4.79 Å². The maximum absolute atomic E-state index is 12.8. The van der Waals surface area contributed by atoms with Crippen LogP contribution >= 0.6 is 0 Å². The van der Waals surface area contributed by atoms with E-state index in [0.717, 1.165) is 38.9 Å². The van der Waals surface area contributed by atoms with Gasteiger partial charge in [0.2, 0.25) is 5.91 Å². The van der Waals surface area contributed by atoms with Crippen molar-refractivity contribution in [3.8, 4) is 0 Å². The molecule has 1 aliphatic rings. The van der Waals surface area contributed by atoms with Gasteiger partial charge in [0.1, 0.15) is 0 Å². The van der Waals surface area contributed by atoms with Crippen molar-refractivity contribution in [1.29, 1.82) is 0 Å². The fourth-order valence-electron chi connectivity index (χ4n) is 3.31. The molecule has 2 rings (SSSR count). The lowest BCUT2D eigenvalue weighted by molar-refractivity contribution is -0.133. The van der Waals surface area contributed by atoms with Crippen molar-refractivity contribution in [2.45, 2.75) is 45.2 Å². The summed E-state index contributed by atoms with van der Waals surface area (Å²) in [7, 11) is 1.92. The van der Waals surface area contributed by atoms with Crippen molar-refractivity contribution >= 4 is 5.91 Å². The van der Waals surface area contributed by atoms with E-state index in [2.05, 4.69) is 36.2 Å². The summed E-state index contributed by atoms with van der Waals surface area (Å²) in [5.74, 6) is 0.216. The Kier molecular flexibility index (Phi) is 7.06. The molecule has 0 aromatic heterocycles. The normalized spacial score (nSPS) is 17.2. The Bertz CT molecular complexity index is 471. The average molecular weight is 317 g/mol. The van der Waals surface area contributed by atoms with Crippen LogP contribution < -0.4 is 5.32 Å². The Morgan fingerprint density at radius 2 is 1.91 bits per heavy atom. The Labute approximate surface area is 140 Å². The van der Waals surface area contributed by atoms with Crippen LogP contribution in [0.4, 0.5) is 0 Å². The first-order valence-corrected chi connectivity index (χ1v) is 8.88. The molecule has 0 saturated carbocycles. The molecule has 1 N–H and O–H groups in total. The number of hydrogen-bond acceptors (Lipinski definition) is 3. The molecule has 0 bridgehead atoms. The van der Waals surface area contributed by atoms with Crippen molar-refractivity contribution in [2.24, 2.45) is 0 Å². The molecule has 1 saturated heterocycles. The van der Waals surface area contributed by atoms with Crippen LogP contribution in [0, 0.1) is 0 Å². The summed E-state index contributed by atoms with van der Waals surface area (Å²) in [5.41, 5.74) is 1.19. The first kappa shape index (κ1) is 18.0. The SMILES string of the molecule is CCCN(CC(=O)N(C)C(C)c1ccccc1)C1CCNCC1. The molecular weight excluding hydrogens is 286 g/mol. The molecule has 0 spiro atoms. The third-order valence-electron chi connectivity index (χ3n) is 4.93. The van der Waals surface area contributed by atoms with E-state index in [0.29, 0.717) is 12.6 Å². The molecule has 1 amide bonds. The largest absolute Gasteiger partial charge is 0.338 e. The summed E-state index contributed by atoms with van der Waals surface area (Å²) >= 11 is 0. The second-order valence-electron chi connectivity index (χ2n) is 6.54. The van der Waals surface area contributed by atoms with Gasteiger partial charge in [0.15, 0.2) is 0 Å². The molecular formula is C19H31N3O. The lowest BCUT2D eigenvalue weighted by Crippen LogP contribution is -2.48. The zero-order valence-electron chi connectivity index (χ0n) is 14.8. The molecule has 128 valence electrons. The van der Waals surface area contributed by atoms with Gasteiger partial charge in [0.25, 0.3) is 0 Å². The number of carbonyl (C=O) groups excluding carboxylic acids is 1.